The fourth-order valence-corrected chi connectivity index (χ4v) is 4.18. The molecule has 1 aliphatic rings. The molecule has 20 heavy (non-hydrogen) atoms. The van der Waals surface area contributed by atoms with Crippen LogP contribution in [0.2, 0.25) is 0 Å². The average Bonchev–Trinajstić information content (AvgIpc) is 2.66. The van der Waals surface area contributed by atoms with Crippen LogP contribution >= 0.6 is 11.3 Å². The first-order chi connectivity index (χ1) is 9.34. The average molecular weight is 315 g/mol. The van der Waals surface area contributed by atoms with Crippen molar-refractivity contribution in [1.82, 2.24) is 0 Å². The van der Waals surface area contributed by atoms with Gasteiger partial charge >= 0.3 is 0 Å². The van der Waals surface area contributed by atoms with Crippen LogP contribution in [0.3, 0.4) is 0 Å². The van der Waals surface area contributed by atoms with Gasteiger partial charge in [-0.1, -0.05) is 0 Å². The third kappa shape index (κ3) is 2.99. The second-order valence-corrected chi connectivity index (χ2v) is 8.20. The first kappa shape index (κ1) is 14.9. The molecule has 1 aromatic rings. The quantitative estimate of drug-likeness (QED) is 0.901. The van der Waals surface area contributed by atoms with Gasteiger partial charge in [-0.3, -0.25) is 0 Å². The van der Waals surface area contributed by atoms with Crippen LogP contribution in [0.5, 0.6) is 5.75 Å². The van der Waals surface area contributed by atoms with Crippen LogP contribution < -0.4 is 15.4 Å². The Morgan fingerprint density at radius 1 is 1.40 bits per heavy atom. The Morgan fingerprint density at radius 2 is 2.00 bits per heavy atom. The maximum absolute atomic E-state index is 11.5. The molecule has 8 heteroatoms. The van der Waals surface area contributed by atoms with Gasteiger partial charge in [-0.15, -0.1) is 11.3 Å². The van der Waals surface area contributed by atoms with Crippen LogP contribution in [0.1, 0.15) is 18.7 Å². The van der Waals surface area contributed by atoms with Gasteiger partial charge in [0.05, 0.1) is 17.6 Å². The second kappa shape index (κ2) is 5.50. The molecular weight excluding hydrogens is 298 g/mol. The van der Waals surface area contributed by atoms with E-state index in [0.717, 1.165) is 5.00 Å². The summed E-state index contributed by atoms with van der Waals surface area (Å²) < 4.78 is 28.7. The van der Waals surface area contributed by atoms with Crippen LogP contribution in [0.15, 0.2) is 0 Å². The van der Waals surface area contributed by atoms with Crippen LogP contribution in [-0.2, 0) is 9.84 Å². The van der Waals surface area contributed by atoms with Crippen molar-refractivity contribution in [2.45, 2.75) is 20.0 Å². The number of nitrogens with zero attached hydrogens (tertiary/aromatic N) is 2. The van der Waals surface area contributed by atoms with E-state index in [1.165, 1.54) is 11.3 Å². The summed E-state index contributed by atoms with van der Waals surface area (Å²) in [6.07, 6.45) is -0.0642. The molecule has 0 atom stereocenters. The summed E-state index contributed by atoms with van der Waals surface area (Å²) in [4.78, 5) is 2.34. The lowest BCUT2D eigenvalue weighted by Gasteiger charge is -2.28. The van der Waals surface area contributed by atoms with Gasteiger partial charge < -0.3 is 15.4 Å². The highest BCUT2D eigenvalue weighted by molar-refractivity contribution is 7.91. The number of nitriles is 1. The largest absolute Gasteiger partial charge is 0.486 e. The Bertz CT molecular complexity index is 630. The van der Waals surface area contributed by atoms with Crippen molar-refractivity contribution in [2.75, 3.05) is 35.2 Å². The zero-order valence-electron chi connectivity index (χ0n) is 11.4. The molecule has 1 saturated heterocycles. The molecule has 0 aliphatic carbocycles. The first-order valence-corrected chi connectivity index (χ1v) is 8.92. The fraction of sp³-hybridized carbons (Fsp3) is 0.583. The lowest BCUT2D eigenvalue weighted by molar-refractivity contribution is 0.245. The lowest BCUT2D eigenvalue weighted by Crippen LogP contribution is -2.40. The number of nitrogen functional groups attached to an aromatic ring is 1. The summed E-state index contributed by atoms with van der Waals surface area (Å²) in [5.74, 6) is 0.739. The molecular formula is C12H17N3O3S2. The highest BCUT2D eigenvalue weighted by atomic mass is 32.2. The van der Waals surface area contributed by atoms with E-state index in [1.807, 2.05) is 18.7 Å². The van der Waals surface area contributed by atoms with Crippen LogP contribution in [0.4, 0.5) is 10.7 Å². The number of thiophene rings is 1. The number of rotatable bonds is 3. The first-order valence-electron chi connectivity index (χ1n) is 6.28. The molecule has 110 valence electrons. The molecule has 1 fully saturated rings. The normalized spacial score (nSPS) is 18.0. The monoisotopic (exact) mass is 315 g/mol. The number of nitrogens with two attached hydrogens (primary N) is 1. The van der Waals surface area contributed by atoms with E-state index in [0.29, 0.717) is 29.4 Å². The highest BCUT2D eigenvalue weighted by Crippen LogP contribution is 2.45. The molecule has 0 bridgehead atoms. The molecule has 6 nitrogen and oxygen atoms in total. The van der Waals surface area contributed by atoms with Crippen LogP contribution in [0.25, 0.3) is 0 Å². The third-order valence-corrected chi connectivity index (χ3v) is 5.73. The zero-order chi connectivity index (χ0) is 14.9. The molecule has 1 aliphatic heterocycles. The van der Waals surface area contributed by atoms with Gasteiger partial charge in [0.2, 0.25) is 0 Å². The van der Waals surface area contributed by atoms with Gasteiger partial charge in [-0.25, -0.2) is 8.42 Å². The van der Waals surface area contributed by atoms with Crippen molar-refractivity contribution in [3.63, 3.8) is 0 Å². The summed E-state index contributed by atoms with van der Waals surface area (Å²) in [5.41, 5.74) is 6.28. The molecule has 1 aromatic heterocycles. The topological polar surface area (TPSA) is 96.4 Å². The van der Waals surface area contributed by atoms with Gasteiger partial charge in [-0.05, 0) is 13.8 Å². The maximum atomic E-state index is 11.5. The standard InChI is InChI=1S/C12H17N3O3S2/c1-8(2)18-11-10(14)9(7-13)19-12(11)15-3-5-20(16,17)6-4-15/h8H,3-6,14H2,1-2H3. The summed E-state index contributed by atoms with van der Waals surface area (Å²) in [6.45, 7) is 4.57. The fourth-order valence-electron chi connectivity index (χ4n) is 1.97. The van der Waals surface area contributed by atoms with E-state index in [1.54, 1.807) is 0 Å². The highest BCUT2D eigenvalue weighted by Gasteiger charge is 2.28. The molecule has 0 saturated carbocycles. The molecule has 0 amide bonds. The Kier molecular flexibility index (Phi) is 4.11. The number of hydrogen-bond acceptors (Lipinski definition) is 7. The van der Waals surface area contributed by atoms with E-state index in [4.69, 9.17) is 15.7 Å². The minimum absolute atomic E-state index is 0.0642. The Hall–Kier alpha value is -1.46. The lowest BCUT2D eigenvalue weighted by atomic mass is 10.3. The number of sulfone groups is 1. The van der Waals surface area contributed by atoms with E-state index in [-0.39, 0.29) is 17.6 Å². The molecule has 2 rings (SSSR count). The van der Waals surface area contributed by atoms with Crippen molar-refractivity contribution in [3.8, 4) is 11.8 Å². The maximum Gasteiger partial charge on any atom is 0.178 e. The minimum atomic E-state index is -2.94. The van der Waals surface area contributed by atoms with E-state index >= 15 is 0 Å². The molecule has 0 spiro atoms. The van der Waals surface area contributed by atoms with Crippen molar-refractivity contribution < 1.29 is 13.2 Å². The molecule has 0 aromatic carbocycles. The Labute approximate surface area is 122 Å². The molecule has 2 heterocycles. The second-order valence-electron chi connectivity index (χ2n) is 4.90. The summed E-state index contributed by atoms with van der Waals surface area (Å²) >= 11 is 1.25. The zero-order valence-corrected chi connectivity index (χ0v) is 13.1. The summed E-state index contributed by atoms with van der Waals surface area (Å²) in [6, 6.07) is 2.05. The Morgan fingerprint density at radius 3 is 2.50 bits per heavy atom. The van der Waals surface area contributed by atoms with Gasteiger partial charge in [0, 0.05) is 13.1 Å². The molecule has 2 N–H and O–H groups in total. The van der Waals surface area contributed by atoms with Crippen LogP contribution in [0, 0.1) is 11.3 Å². The number of ether oxygens (including phenoxy) is 1. The smallest absolute Gasteiger partial charge is 0.178 e. The summed E-state index contributed by atoms with van der Waals surface area (Å²) in [5, 5.41) is 9.83. The third-order valence-electron chi connectivity index (χ3n) is 2.97. The number of hydrogen-bond donors (Lipinski definition) is 1. The molecule has 0 radical (unpaired) electrons. The van der Waals surface area contributed by atoms with Gasteiger partial charge in [0.15, 0.2) is 15.6 Å². The van der Waals surface area contributed by atoms with Crippen LogP contribution in [-0.4, -0.2) is 39.1 Å². The SMILES string of the molecule is CC(C)Oc1c(N2CCS(=O)(=O)CC2)sc(C#N)c1N. The van der Waals surface area contributed by atoms with Gasteiger partial charge in [0.1, 0.15) is 21.6 Å². The van der Waals surface area contributed by atoms with Crippen molar-refractivity contribution >= 4 is 31.9 Å². The summed E-state index contributed by atoms with van der Waals surface area (Å²) in [7, 11) is -2.94. The van der Waals surface area contributed by atoms with Crippen molar-refractivity contribution in [3.05, 3.63) is 4.88 Å². The predicted molar refractivity (Wildman–Crippen MR) is 80.1 cm³/mol. The van der Waals surface area contributed by atoms with Gasteiger partial charge in [0.25, 0.3) is 0 Å². The van der Waals surface area contributed by atoms with Gasteiger partial charge in [-0.2, -0.15) is 5.26 Å². The predicted octanol–water partition coefficient (Wildman–Crippen LogP) is 1.22. The Balaban J connectivity index is 2.34. The van der Waals surface area contributed by atoms with E-state index in [2.05, 4.69) is 6.07 Å². The van der Waals surface area contributed by atoms with Crippen molar-refractivity contribution in [1.29, 1.82) is 5.26 Å². The van der Waals surface area contributed by atoms with E-state index in [9.17, 15) is 8.42 Å². The number of anilines is 2. The minimum Gasteiger partial charge on any atom is -0.486 e. The van der Waals surface area contributed by atoms with E-state index < -0.39 is 9.84 Å². The van der Waals surface area contributed by atoms with Crippen molar-refractivity contribution in [2.24, 2.45) is 0 Å². The molecule has 0 unspecified atom stereocenters.